The van der Waals surface area contributed by atoms with Crippen LogP contribution < -0.4 is 9.47 Å². The number of hydrogen-bond donors (Lipinski definition) is 0. The summed E-state index contributed by atoms with van der Waals surface area (Å²) in [5, 5.41) is 11.0. The van der Waals surface area contributed by atoms with Gasteiger partial charge in [-0.3, -0.25) is 15.0 Å². The van der Waals surface area contributed by atoms with Crippen molar-refractivity contribution < 1.29 is 32.4 Å². The fraction of sp³-hybridized carbons (Fsp3) is 0.188. The number of nitro benzene ring substituents is 1. The number of benzene rings is 2. The van der Waals surface area contributed by atoms with Gasteiger partial charge in [0.1, 0.15) is 10.6 Å². The monoisotopic (exact) mass is 430 g/mol. The van der Waals surface area contributed by atoms with Gasteiger partial charge < -0.3 is 9.47 Å². The maximum absolute atomic E-state index is 12.4. The molecule has 0 aliphatic carbocycles. The van der Waals surface area contributed by atoms with Crippen molar-refractivity contribution in [1.29, 1.82) is 0 Å². The zero-order chi connectivity index (χ0) is 21.1. The molecule has 0 aromatic heterocycles. The lowest BCUT2D eigenvalue weighted by Gasteiger charge is -2.15. The lowest BCUT2D eigenvalue weighted by Crippen LogP contribution is -2.26. The third kappa shape index (κ3) is 4.39. The number of carbonyl (C=O) groups excluding carboxylic acids is 1. The molecule has 10 nitrogen and oxygen atoms in total. The lowest BCUT2D eigenvalue weighted by atomic mass is 10.2. The average molecular weight is 431 g/mol. The number of methoxy groups -OCH3 is 1. The molecule has 0 radical (unpaired) electrons. The fourth-order valence-electron chi connectivity index (χ4n) is 2.08. The normalized spacial score (nSPS) is 11.3. The Morgan fingerprint density at radius 2 is 1.86 bits per heavy atom. The van der Waals surface area contributed by atoms with Crippen molar-refractivity contribution >= 4 is 33.3 Å². The Morgan fingerprint density at radius 1 is 1.18 bits per heavy atom. The maximum atomic E-state index is 12.4. The van der Waals surface area contributed by atoms with E-state index in [-0.39, 0.29) is 22.1 Å². The number of halogens is 1. The molecule has 0 amide bonds. The third-order valence-corrected chi connectivity index (χ3v) is 5.77. The number of nitrogens with zero attached hydrogens (tertiary/aromatic N) is 2. The van der Waals surface area contributed by atoms with Gasteiger partial charge in [0.2, 0.25) is 5.75 Å². The number of carbonyl (C=O) groups is 1. The summed E-state index contributed by atoms with van der Waals surface area (Å²) >= 11 is 5.93. The van der Waals surface area contributed by atoms with Crippen LogP contribution in [0.25, 0.3) is 0 Å². The van der Waals surface area contributed by atoms with Gasteiger partial charge in [-0.05, 0) is 30.3 Å². The number of hydrogen-bond acceptors (Lipinski definition) is 8. The molecule has 0 saturated carbocycles. The zero-order valence-corrected chi connectivity index (χ0v) is 16.5. The van der Waals surface area contributed by atoms with E-state index in [0.29, 0.717) is 4.47 Å². The Kier molecular flexibility index (Phi) is 6.56. The van der Waals surface area contributed by atoms with Gasteiger partial charge in [-0.2, -0.15) is 0 Å². The minimum Gasteiger partial charge on any atom is -0.496 e. The summed E-state index contributed by atoms with van der Waals surface area (Å²) in [7, 11) is -0.506. The summed E-state index contributed by atoms with van der Waals surface area (Å²) in [6.07, 6.45) is 0. The quantitative estimate of drug-likeness (QED) is 0.284. The Labute approximate surface area is 165 Å². The highest BCUT2D eigenvalue weighted by atomic mass is 35.5. The van der Waals surface area contributed by atoms with E-state index in [1.54, 1.807) is 0 Å². The highest BCUT2D eigenvalue weighted by molar-refractivity contribution is 7.89. The second-order valence-electron chi connectivity index (χ2n) is 5.22. The van der Waals surface area contributed by atoms with Crippen LogP contribution in [0.5, 0.6) is 11.5 Å². The number of sulfonamides is 1. The van der Waals surface area contributed by atoms with E-state index >= 15 is 0 Å². The molecular weight excluding hydrogens is 416 g/mol. The first-order valence-electron chi connectivity index (χ1n) is 7.49. The van der Waals surface area contributed by atoms with E-state index in [9.17, 15) is 23.3 Å². The molecule has 0 aliphatic heterocycles. The van der Waals surface area contributed by atoms with Crippen LogP contribution in [0.4, 0.5) is 5.69 Å². The molecule has 0 spiro atoms. The molecule has 0 saturated heterocycles. The molecule has 0 unspecified atom stereocenters. The summed E-state index contributed by atoms with van der Waals surface area (Å²) < 4.78 is 35.3. The van der Waals surface area contributed by atoms with Crippen molar-refractivity contribution in [2.75, 3.05) is 21.3 Å². The fourth-order valence-corrected chi connectivity index (χ4v) is 3.55. The largest absolute Gasteiger partial charge is 0.496 e. The first-order valence-corrected chi connectivity index (χ1v) is 9.30. The molecule has 0 bridgehead atoms. The third-order valence-electron chi connectivity index (χ3n) is 3.61. The lowest BCUT2D eigenvalue weighted by molar-refractivity contribution is -0.385. The van der Waals surface area contributed by atoms with E-state index in [1.807, 2.05) is 0 Å². The highest BCUT2D eigenvalue weighted by Crippen LogP contribution is 2.32. The molecular formula is C16H15ClN2O8S. The van der Waals surface area contributed by atoms with Gasteiger partial charge in [-0.25, -0.2) is 13.2 Å². The molecule has 0 atom stereocenters. The van der Waals surface area contributed by atoms with E-state index < -0.39 is 31.5 Å². The predicted molar refractivity (Wildman–Crippen MR) is 98.0 cm³/mol. The van der Waals surface area contributed by atoms with Crippen molar-refractivity contribution in [1.82, 2.24) is 4.47 Å². The molecule has 2 aromatic carbocycles. The zero-order valence-electron chi connectivity index (χ0n) is 14.9. The van der Waals surface area contributed by atoms with Gasteiger partial charge in [0.05, 0.1) is 35.8 Å². The molecule has 28 heavy (non-hydrogen) atoms. The van der Waals surface area contributed by atoms with Crippen LogP contribution in [0, 0.1) is 10.1 Å². The van der Waals surface area contributed by atoms with Crippen LogP contribution >= 0.6 is 11.6 Å². The summed E-state index contributed by atoms with van der Waals surface area (Å²) in [6.45, 7) is 0. The van der Waals surface area contributed by atoms with E-state index in [2.05, 4.69) is 4.84 Å². The minimum absolute atomic E-state index is 0.143. The number of nitro groups is 1. The van der Waals surface area contributed by atoms with Crippen LogP contribution in [0.3, 0.4) is 0 Å². The summed E-state index contributed by atoms with van der Waals surface area (Å²) in [4.78, 5) is 27.1. The number of rotatable bonds is 7. The highest BCUT2D eigenvalue weighted by Gasteiger charge is 2.26. The summed E-state index contributed by atoms with van der Waals surface area (Å²) in [5.41, 5.74) is -0.675. The number of esters is 1. The van der Waals surface area contributed by atoms with Gasteiger partial charge in [-0.15, -0.1) is 0 Å². The Hall–Kier alpha value is -2.73. The van der Waals surface area contributed by atoms with Gasteiger partial charge in [0.15, 0.2) is 0 Å². The molecule has 150 valence electrons. The summed E-state index contributed by atoms with van der Waals surface area (Å²) in [5.74, 6) is -1.14. The Bertz CT molecular complexity index is 1030. The first-order chi connectivity index (χ1) is 13.1. The molecule has 0 fully saturated rings. The van der Waals surface area contributed by atoms with Gasteiger partial charge in [-0.1, -0.05) is 16.1 Å². The van der Waals surface area contributed by atoms with Crippen molar-refractivity contribution in [2.45, 2.75) is 4.90 Å². The maximum Gasteiger partial charge on any atom is 0.343 e. The molecule has 2 rings (SSSR count). The van der Waals surface area contributed by atoms with Gasteiger partial charge >= 0.3 is 11.7 Å². The molecule has 0 N–H and O–H groups in total. The number of hydroxylamine groups is 1. The average Bonchev–Trinajstić information content (AvgIpc) is 2.67. The minimum atomic E-state index is -4.13. The van der Waals surface area contributed by atoms with Crippen molar-refractivity contribution in [3.8, 4) is 11.5 Å². The molecule has 0 heterocycles. The second kappa shape index (κ2) is 8.52. The molecule has 2 aromatic rings. The Balaban J connectivity index is 2.42. The Morgan fingerprint density at radius 3 is 2.43 bits per heavy atom. The first kappa shape index (κ1) is 21.6. The van der Waals surface area contributed by atoms with Crippen molar-refractivity contribution in [3.63, 3.8) is 0 Å². The van der Waals surface area contributed by atoms with Crippen molar-refractivity contribution in [2.24, 2.45) is 0 Å². The van der Waals surface area contributed by atoms with Gasteiger partial charge in [0.25, 0.3) is 10.0 Å². The summed E-state index contributed by atoms with van der Waals surface area (Å²) in [6, 6.07) is 7.07. The molecule has 0 aliphatic rings. The second-order valence-corrected chi connectivity index (χ2v) is 7.53. The topological polar surface area (TPSA) is 125 Å². The van der Waals surface area contributed by atoms with E-state index in [0.717, 1.165) is 26.3 Å². The van der Waals surface area contributed by atoms with Crippen LogP contribution in [-0.2, 0) is 14.9 Å². The smallest absolute Gasteiger partial charge is 0.343 e. The molecule has 12 heteroatoms. The van der Waals surface area contributed by atoms with Crippen LogP contribution in [0.2, 0.25) is 5.02 Å². The van der Waals surface area contributed by atoms with Crippen LogP contribution in [-0.4, -0.2) is 45.0 Å². The van der Waals surface area contributed by atoms with Crippen LogP contribution in [0.15, 0.2) is 41.3 Å². The predicted octanol–water partition coefficient (Wildman–Crippen LogP) is 2.66. The number of ether oxygens (including phenoxy) is 2. The van der Waals surface area contributed by atoms with E-state index in [1.165, 1.54) is 31.4 Å². The van der Waals surface area contributed by atoms with Gasteiger partial charge in [0, 0.05) is 7.05 Å². The van der Waals surface area contributed by atoms with Crippen molar-refractivity contribution in [3.05, 3.63) is 57.1 Å². The van der Waals surface area contributed by atoms with Crippen LogP contribution in [0.1, 0.15) is 10.4 Å². The standard InChI is InChI=1S/C16H15ClN2O8S/c1-18(26-3)28(23,24)15-8-10(4-6-12(15)17)16(20)27-14-7-5-11(25-2)9-13(14)19(21)22/h4-9H,1-3H3. The van der Waals surface area contributed by atoms with E-state index in [4.69, 9.17) is 21.1 Å². The SMILES string of the molecule is COc1ccc(OC(=O)c2ccc(Cl)c(S(=O)(=O)N(C)OC)c2)c([N+](=O)[O-])c1.